The maximum Gasteiger partial charge on any atom is 0.240 e. The number of benzene rings is 1. The van der Waals surface area contributed by atoms with Gasteiger partial charge in [0, 0.05) is 25.0 Å². The molecule has 1 aromatic rings. The molecule has 6 heteroatoms. The molecule has 1 N–H and O–H groups in total. The Labute approximate surface area is 150 Å². The molecular formula is C19H28N2O3S. The molecule has 138 valence electrons. The van der Waals surface area contributed by atoms with E-state index in [4.69, 9.17) is 0 Å². The van der Waals surface area contributed by atoms with Crippen LogP contribution in [0.4, 0.5) is 0 Å². The third-order valence-electron chi connectivity index (χ3n) is 5.41. The molecular weight excluding hydrogens is 336 g/mol. The highest BCUT2D eigenvalue weighted by atomic mass is 32.2. The molecule has 2 fully saturated rings. The molecule has 5 nitrogen and oxygen atoms in total. The molecule has 25 heavy (non-hydrogen) atoms. The monoisotopic (exact) mass is 364 g/mol. The summed E-state index contributed by atoms with van der Waals surface area (Å²) in [5.41, 5.74) is 1.04. The van der Waals surface area contributed by atoms with Gasteiger partial charge in [-0.3, -0.25) is 4.79 Å². The van der Waals surface area contributed by atoms with Crippen LogP contribution in [0.3, 0.4) is 0 Å². The summed E-state index contributed by atoms with van der Waals surface area (Å²) in [4.78, 5) is 14.8. The summed E-state index contributed by atoms with van der Waals surface area (Å²) in [6, 6.07) is 6.79. The Kier molecular flexibility index (Phi) is 5.79. The van der Waals surface area contributed by atoms with E-state index in [9.17, 15) is 13.2 Å². The second-order valence-corrected chi connectivity index (χ2v) is 9.08. The first-order valence-corrected chi connectivity index (χ1v) is 10.8. The molecule has 0 spiro atoms. The van der Waals surface area contributed by atoms with E-state index in [1.807, 2.05) is 11.8 Å². The summed E-state index contributed by atoms with van der Waals surface area (Å²) < 4.78 is 27.8. The normalized spacial score (nSPS) is 20.6. The first-order chi connectivity index (χ1) is 12.0. The first-order valence-electron chi connectivity index (χ1n) is 9.33. The molecule has 1 heterocycles. The van der Waals surface area contributed by atoms with Crippen molar-refractivity contribution in [2.75, 3.05) is 13.1 Å². The molecule has 3 rings (SSSR count). The molecule has 0 atom stereocenters. The number of nitrogens with one attached hydrogen (secondary N) is 1. The Morgan fingerprint density at radius 2 is 1.60 bits per heavy atom. The minimum atomic E-state index is -3.49. The molecule has 1 amide bonds. The summed E-state index contributed by atoms with van der Waals surface area (Å²) in [5, 5.41) is 0. The van der Waals surface area contributed by atoms with E-state index in [1.165, 1.54) is 6.42 Å². The predicted octanol–water partition coefficient (Wildman–Crippen LogP) is 2.84. The van der Waals surface area contributed by atoms with Gasteiger partial charge in [0.15, 0.2) is 0 Å². The van der Waals surface area contributed by atoms with Crippen molar-refractivity contribution in [1.29, 1.82) is 0 Å². The standard InChI is InChI=1S/C19H28N2O3S/c1-15-7-9-18(10-8-15)25(23,24)20-17-11-13-21(14-12-17)19(22)16-5-3-2-4-6-16/h7-10,16-17,20H,2-6,11-14H2,1H3. The number of piperidine rings is 1. The van der Waals surface area contributed by atoms with Gasteiger partial charge in [0.05, 0.1) is 4.90 Å². The zero-order valence-corrected chi connectivity index (χ0v) is 15.7. The summed E-state index contributed by atoms with van der Waals surface area (Å²) in [5.74, 6) is 0.467. The van der Waals surface area contributed by atoms with Crippen LogP contribution in [0, 0.1) is 12.8 Å². The average Bonchev–Trinajstić information content (AvgIpc) is 2.62. The zero-order valence-electron chi connectivity index (χ0n) is 14.9. The fourth-order valence-electron chi connectivity index (χ4n) is 3.83. The van der Waals surface area contributed by atoms with Crippen LogP contribution < -0.4 is 4.72 Å². The highest BCUT2D eigenvalue weighted by Gasteiger charge is 2.30. The van der Waals surface area contributed by atoms with Crippen molar-refractivity contribution in [3.63, 3.8) is 0 Å². The van der Waals surface area contributed by atoms with Crippen LogP contribution in [0.2, 0.25) is 0 Å². The summed E-state index contributed by atoms with van der Waals surface area (Å²) in [6.07, 6.45) is 6.95. The van der Waals surface area contributed by atoms with Crippen molar-refractivity contribution in [3.05, 3.63) is 29.8 Å². The Morgan fingerprint density at radius 1 is 1.00 bits per heavy atom. The van der Waals surface area contributed by atoms with Gasteiger partial charge in [-0.15, -0.1) is 0 Å². The van der Waals surface area contributed by atoms with E-state index in [-0.39, 0.29) is 17.9 Å². The predicted molar refractivity (Wildman–Crippen MR) is 97.7 cm³/mol. The summed E-state index contributed by atoms with van der Waals surface area (Å²) in [7, 11) is -3.49. The molecule has 0 bridgehead atoms. The fourth-order valence-corrected chi connectivity index (χ4v) is 5.14. The van der Waals surface area contributed by atoms with Gasteiger partial charge in [-0.2, -0.15) is 0 Å². The van der Waals surface area contributed by atoms with E-state index in [2.05, 4.69) is 4.72 Å². The molecule has 1 aliphatic heterocycles. The van der Waals surface area contributed by atoms with Crippen LogP contribution in [0.5, 0.6) is 0 Å². The van der Waals surface area contributed by atoms with Crippen LogP contribution in [0.15, 0.2) is 29.2 Å². The quantitative estimate of drug-likeness (QED) is 0.893. The number of nitrogens with zero attached hydrogens (tertiary/aromatic N) is 1. The molecule has 1 aliphatic carbocycles. The largest absolute Gasteiger partial charge is 0.342 e. The van der Waals surface area contributed by atoms with E-state index >= 15 is 0 Å². The molecule has 0 aromatic heterocycles. The fraction of sp³-hybridized carbons (Fsp3) is 0.632. The van der Waals surface area contributed by atoms with E-state index in [1.54, 1.807) is 24.3 Å². The highest BCUT2D eigenvalue weighted by Crippen LogP contribution is 2.26. The van der Waals surface area contributed by atoms with Crippen molar-refractivity contribution in [1.82, 2.24) is 9.62 Å². The Bertz CT molecular complexity index is 686. The molecule has 1 saturated carbocycles. The van der Waals surface area contributed by atoms with Crippen LogP contribution in [0.1, 0.15) is 50.5 Å². The summed E-state index contributed by atoms with van der Waals surface area (Å²) >= 11 is 0. The lowest BCUT2D eigenvalue weighted by Crippen LogP contribution is -2.48. The number of hydrogen-bond donors (Lipinski definition) is 1. The van der Waals surface area contributed by atoms with Crippen molar-refractivity contribution in [3.8, 4) is 0 Å². The maximum absolute atomic E-state index is 12.6. The molecule has 1 saturated heterocycles. The van der Waals surface area contributed by atoms with Gasteiger partial charge in [-0.1, -0.05) is 37.0 Å². The number of sulfonamides is 1. The minimum absolute atomic E-state index is 0.0956. The van der Waals surface area contributed by atoms with E-state index in [0.29, 0.717) is 30.8 Å². The lowest BCUT2D eigenvalue weighted by molar-refractivity contribution is -0.137. The number of hydrogen-bond acceptors (Lipinski definition) is 3. The lowest BCUT2D eigenvalue weighted by Gasteiger charge is -2.35. The topological polar surface area (TPSA) is 66.5 Å². The Hall–Kier alpha value is -1.40. The summed E-state index contributed by atoms with van der Waals surface area (Å²) in [6.45, 7) is 3.23. The van der Waals surface area contributed by atoms with E-state index < -0.39 is 10.0 Å². The lowest BCUT2D eigenvalue weighted by atomic mass is 9.87. The Balaban J connectivity index is 1.53. The van der Waals surface area contributed by atoms with Gasteiger partial charge in [-0.25, -0.2) is 13.1 Å². The van der Waals surface area contributed by atoms with Crippen molar-refractivity contribution in [2.24, 2.45) is 5.92 Å². The molecule has 0 radical (unpaired) electrons. The zero-order chi connectivity index (χ0) is 17.9. The van der Waals surface area contributed by atoms with Crippen LogP contribution in [-0.4, -0.2) is 38.4 Å². The van der Waals surface area contributed by atoms with E-state index in [0.717, 1.165) is 31.2 Å². The molecule has 0 unspecified atom stereocenters. The number of amides is 1. The van der Waals surface area contributed by atoms with Gasteiger partial charge in [0.2, 0.25) is 15.9 Å². The van der Waals surface area contributed by atoms with Crippen molar-refractivity contribution >= 4 is 15.9 Å². The van der Waals surface area contributed by atoms with Gasteiger partial charge in [0.25, 0.3) is 0 Å². The third-order valence-corrected chi connectivity index (χ3v) is 6.95. The van der Waals surface area contributed by atoms with Gasteiger partial charge in [0.1, 0.15) is 0 Å². The first kappa shape index (κ1) is 18.4. The van der Waals surface area contributed by atoms with Crippen LogP contribution >= 0.6 is 0 Å². The number of likely N-dealkylation sites (tertiary alicyclic amines) is 1. The highest BCUT2D eigenvalue weighted by molar-refractivity contribution is 7.89. The molecule has 1 aromatic carbocycles. The average molecular weight is 365 g/mol. The van der Waals surface area contributed by atoms with Gasteiger partial charge in [-0.05, 0) is 44.7 Å². The second kappa shape index (κ2) is 7.87. The van der Waals surface area contributed by atoms with Crippen molar-refractivity contribution in [2.45, 2.75) is 62.8 Å². The van der Waals surface area contributed by atoms with Crippen LogP contribution in [-0.2, 0) is 14.8 Å². The minimum Gasteiger partial charge on any atom is -0.342 e. The van der Waals surface area contributed by atoms with Gasteiger partial charge >= 0.3 is 0 Å². The smallest absolute Gasteiger partial charge is 0.240 e. The van der Waals surface area contributed by atoms with Gasteiger partial charge < -0.3 is 4.90 Å². The Morgan fingerprint density at radius 3 is 2.20 bits per heavy atom. The van der Waals surface area contributed by atoms with Crippen molar-refractivity contribution < 1.29 is 13.2 Å². The number of rotatable bonds is 4. The SMILES string of the molecule is Cc1ccc(S(=O)(=O)NC2CCN(C(=O)C3CCCCC3)CC2)cc1. The molecule has 2 aliphatic rings. The maximum atomic E-state index is 12.6. The second-order valence-electron chi connectivity index (χ2n) is 7.37. The number of aryl methyl sites for hydroxylation is 1. The van der Waals surface area contributed by atoms with Crippen LogP contribution in [0.25, 0.3) is 0 Å². The third kappa shape index (κ3) is 4.61. The number of carbonyl (C=O) groups is 1. The number of carbonyl (C=O) groups excluding carboxylic acids is 1.